The Kier molecular flexibility index (Phi) is 3.57. The fraction of sp³-hybridized carbons (Fsp3) is 0.0625. The maximum absolute atomic E-state index is 11.9. The molecular formula is C16H12N2O4. The largest absolute Gasteiger partial charge is 0.427 e. The molecule has 0 spiro atoms. The summed E-state index contributed by atoms with van der Waals surface area (Å²) in [5.41, 5.74) is 0.659. The van der Waals surface area contributed by atoms with E-state index < -0.39 is 11.6 Å². The molecule has 1 N–H and O–H groups in total. The Balaban J connectivity index is 1.93. The molecule has 3 rings (SSSR count). The number of nitrogens with one attached hydrogen (secondary N) is 1. The lowest BCUT2D eigenvalue weighted by Crippen LogP contribution is -2.05. The van der Waals surface area contributed by atoms with Crippen molar-refractivity contribution >= 4 is 28.6 Å². The Morgan fingerprint density at radius 3 is 2.82 bits per heavy atom. The number of nitrogens with zero attached hydrogens (tertiary/aromatic N) is 1. The number of carbonyl (C=O) groups excluding carboxylic acids is 1. The van der Waals surface area contributed by atoms with Crippen LogP contribution in [0.4, 0.5) is 11.7 Å². The van der Waals surface area contributed by atoms with E-state index in [2.05, 4.69) is 10.3 Å². The highest BCUT2D eigenvalue weighted by Crippen LogP contribution is 2.21. The quantitative estimate of drug-likeness (QED) is 0.591. The predicted octanol–water partition coefficient (Wildman–Crippen LogP) is 2.86. The normalized spacial score (nSPS) is 10.4. The van der Waals surface area contributed by atoms with Crippen molar-refractivity contribution in [3.8, 4) is 5.75 Å². The third-order valence-electron chi connectivity index (χ3n) is 2.88. The van der Waals surface area contributed by atoms with Gasteiger partial charge in [-0.2, -0.15) is 4.98 Å². The summed E-state index contributed by atoms with van der Waals surface area (Å²) >= 11 is 0. The average molecular weight is 296 g/mol. The summed E-state index contributed by atoms with van der Waals surface area (Å²) in [5, 5.41) is 3.30. The lowest BCUT2D eigenvalue weighted by molar-refractivity contribution is -0.131. The van der Waals surface area contributed by atoms with E-state index in [1.807, 2.05) is 0 Å². The molecule has 22 heavy (non-hydrogen) atoms. The van der Waals surface area contributed by atoms with E-state index in [1.165, 1.54) is 6.92 Å². The highest BCUT2D eigenvalue weighted by atomic mass is 16.5. The molecule has 0 aliphatic carbocycles. The van der Waals surface area contributed by atoms with Gasteiger partial charge in [-0.15, -0.1) is 0 Å². The molecule has 6 nitrogen and oxygen atoms in total. The lowest BCUT2D eigenvalue weighted by atomic mass is 10.2. The standard InChI is InChI=1S/C16H12N2O4/c1-10(19)21-12-6-4-5-11(9-12)17-16-18-14-8-3-2-7-13(14)15(20)22-16/h2-9H,1H3,(H,17,18). The summed E-state index contributed by atoms with van der Waals surface area (Å²) < 4.78 is 10.1. The smallest absolute Gasteiger partial charge is 0.348 e. The molecule has 0 unspecified atom stereocenters. The average Bonchev–Trinajstić information content (AvgIpc) is 2.47. The minimum absolute atomic E-state index is 0.0728. The number of fused-ring (bicyclic) bond motifs is 1. The molecule has 0 saturated carbocycles. The Labute approximate surface area is 125 Å². The lowest BCUT2D eigenvalue weighted by Gasteiger charge is -2.06. The van der Waals surface area contributed by atoms with Crippen LogP contribution in [-0.4, -0.2) is 11.0 Å². The summed E-state index contributed by atoms with van der Waals surface area (Å²) in [4.78, 5) is 27.1. The van der Waals surface area contributed by atoms with Gasteiger partial charge in [0.2, 0.25) is 0 Å². The summed E-state index contributed by atoms with van der Waals surface area (Å²) in [6.45, 7) is 1.32. The Bertz CT molecular complexity index is 902. The number of esters is 1. The Morgan fingerprint density at radius 1 is 1.18 bits per heavy atom. The van der Waals surface area contributed by atoms with Crippen LogP contribution < -0.4 is 15.7 Å². The predicted molar refractivity (Wildman–Crippen MR) is 81.3 cm³/mol. The van der Waals surface area contributed by atoms with Crippen molar-refractivity contribution < 1.29 is 13.9 Å². The van der Waals surface area contributed by atoms with Gasteiger partial charge in [0.1, 0.15) is 5.75 Å². The van der Waals surface area contributed by atoms with Crippen molar-refractivity contribution in [3.63, 3.8) is 0 Å². The SMILES string of the molecule is CC(=O)Oc1cccc(Nc2nc3ccccc3c(=O)o2)c1. The minimum atomic E-state index is -0.468. The van der Waals surface area contributed by atoms with E-state index >= 15 is 0 Å². The van der Waals surface area contributed by atoms with Crippen LogP contribution in [0.25, 0.3) is 10.9 Å². The van der Waals surface area contributed by atoms with E-state index in [1.54, 1.807) is 48.5 Å². The fourth-order valence-corrected chi connectivity index (χ4v) is 2.00. The molecule has 0 atom stereocenters. The second-order valence-electron chi connectivity index (χ2n) is 4.57. The molecule has 110 valence electrons. The van der Waals surface area contributed by atoms with Crippen molar-refractivity contribution in [3.05, 3.63) is 59.0 Å². The second kappa shape index (κ2) is 5.69. The molecule has 0 saturated heterocycles. The first kappa shape index (κ1) is 13.8. The summed E-state index contributed by atoms with van der Waals surface area (Å²) in [6.07, 6.45) is 0. The topological polar surface area (TPSA) is 81.4 Å². The van der Waals surface area contributed by atoms with Gasteiger partial charge in [0, 0.05) is 18.7 Å². The van der Waals surface area contributed by atoms with Crippen LogP contribution in [0.5, 0.6) is 5.75 Å². The zero-order valence-electron chi connectivity index (χ0n) is 11.7. The van der Waals surface area contributed by atoms with Gasteiger partial charge in [0.05, 0.1) is 10.9 Å². The van der Waals surface area contributed by atoms with E-state index in [0.29, 0.717) is 22.3 Å². The first-order valence-corrected chi connectivity index (χ1v) is 6.57. The van der Waals surface area contributed by atoms with Gasteiger partial charge >= 0.3 is 17.6 Å². The van der Waals surface area contributed by atoms with E-state index in [0.717, 1.165) is 0 Å². The van der Waals surface area contributed by atoms with Gasteiger partial charge in [-0.3, -0.25) is 4.79 Å². The number of carbonyl (C=O) groups is 1. The van der Waals surface area contributed by atoms with Gasteiger partial charge in [-0.1, -0.05) is 18.2 Å². The Hall–Kier alpha value is -3.15. The van der Waals surface area contributed by atoms with Crippen LogP contribution in [0.2, 0.25) is 0 Å². The van der Waals surface area contributed by atoms with Crippen molar-refractivity contribution in [1.29, 1.82) is 0 Å². The number of ether oxygens (including phenoxy) is 1. The van der Waals surface area contributed by atoms with E-state index in [4.69, 9.17) is 9.15 Å². The molecule has 2 aromatic carbocycles. The first-order chi connectivity index (χ1) is 10.6. The van der Waals surface area contributed by atoms with Crippen LogP contribution >= 0.6 is 0 Å². The Morgan fingerprint density at radius 2 is 2.00 bits per heavy atom. The number of anilines is 2. The van der Waals surface area contributed by atoms with Gasteiger partial charge in [0.15, 0.2) is 0 Å². The molecule has 0 aliphatic rings. The second-order valence-corrected chi connectivity index (χ2v) is 4.57. The third-order valence-corrected chi connectivity index (χ3v) is 2.88. The first-order valence-electron chi connectivity index (χ1n) is 6.57. The number of benzene rings is 2. The van der Waals surface area contributed by atoms with Crippen molar-refractivity contribution in [2.75, 3.05) is 5.32 Å². The zero-order valence-corrected chi connectivity index (χ0v) is 11.7. The molecular weight excluding hydrogens is 284 g/mol. The van der Waals surface area contributed by atoms with Crippen molar-refractivity contribution in [2.24, 2.45) is 0 Å². The van der Waals surface area contributed by atoms with Gasteiger partial charge in [-0.05, 0) is 24.3 Å². The molecule has 1 heterocycles. The molecule has 1 aromatic heterocycles. The van der Waals surface area contributed by atoms with Crippen LogP contribution in [0.3, 0.4) is 0 Å². The number of hydrogen-bond donors (Lipinski definition) is 1. The highest BCUT2D eigenvalue weighted by molar-refractivity contribution is 5.78. The number of aromatic nitrogens is 1. The number of para-hydroxylation sites is 1. The maximum atomic E-state index is 11.9. The van der Waals surface area contributed by atoms with Gasteiger partial charge < -0.3 is 14.5 Å². The van der Waals surface area contributed by atoms with E-state index in [9.17, 15) is 9.59 Å². The summed E-state index contributed by atoms with van der Waals surface area (Å²) in [6, 6.07) is 13.7. The molecule has 6 heteroatoms. The maximum Gasteiger partial charge on any atom is 0.348 e. The zero-order chi connectivity index (χ0) is 15.5. The highest BCUT2D eigenvalue weighted by Gasteiger charge is 2.07. The number of hydrogen-bond acceptors (Lipinski definition) is 6. The van der Waals surface area contributed by atoms with Crippen molar-refractivity contribution in [1.82, 2.24) is 4.98 Å². The van der Waals surface area contributed by atoms with Crippen LogP contribution in [-0.2, 0) is 4.79 Å². The molecule has 0 fully saturated rings. The van der Waals surface area contributed by atoms with Crippen LogP contribution in [0.15, 0.2) is 57.7 Å². The summed E-state index contributed by atoms with van der Waals surface area (Å²) in [7, 11) is 0. The summed E-state index contributed by atoms with van der Waals surface area (Å²) in [5.74, 6) is -0.0202. The molecule has 0 aliphatic heterocycles. The van der Waals surface area contributed by atoms with Crippen molar-refractivity contribution in [2.45, 2.75) is 6.92 Å². The fourth-order valence-electron chi connectivity index (χ4n) is 2.00. The van der Waals surface area contributed by atoms with Crippen LogP contribution in [0.1, 0.15) is 6.92 Å². The number of rotatable bonds is 3. The van der Waals surface area contributed by atoms with E-state index in [-0.39, 0.29) is 6.01 Å². The molecule has 0 amide bonds. The minimum Gasteiger partial charge on any atom is -0.427 e. The molecule has 3 aromatic rings. The monoisotopic (exact) mass is 296 g/mol. The third kappa shape index (κ3) is 2.95. The molecule has 0 bridgehead atoms. The van der Waals surface area contributed by atoms with Crippen LogP contribution in [0, 0.1) is 0 Å². The van der Waals surface area contributed by atoms with Gasteiger partial charge in [-0.25, -0.2) is 4.79 Å². The molecule has 0 radical (unpaired) electrons. The van der Waals surface area contributed by atoms with Gasteiger partial charge in [0.25, 0.3) is 0 Å².